The van der Waals surface area contributed by atoms with Crippen LogP contribution < -0.4 is 4.74 Å². The van der Waals surface area contributed by atoms with Gasteiger partial charge in [0.25, 0.3) is 0 Å². The molecule has 1 atom stereocenters. The van der Waals surface area contributed by atoms with E-state index in [1.54, 1.807) is 37.3 Å². The maximum Gasteiger partial charge on any atom is 0.338 e. The fraction of sp³-hybridized carbons (Fsp3) is 0.550. The average Bonchev–Trinajstić information content (AvgIpc) is 2.60. The van der Waals surface area contributed by atoms with E-state index in [9.17, 15) is 4.79 Å². The molecule has 4 heteroatoms. The second kappa shape index (κ2) is 12.6. The van der Waals surface area contributed by atoms with E-state index >= 15 is 0 Å². The van der Waals surface area contributed by atoms with Crippen molar-refractivity contribution in [1.29, 1.82) is 0 Å². The van der Waals surface area contributed by atoms with Gasteiger partial charge in [-0.1, -0.05) is 32.3 Å². The van der Waals surface area contributed by atoms with Crippen molar-refractivity contribution in [2.45, 2.75) is 52.1 Å². The van der Waals surface area contributed by atoms with Gasteiger partial charge in [-0.05, 0) is 37.6 Å². The second-order valence-electron chi connectivity index (χ2n) is 5.62. The van der Waals surface area contributed by atoms with Crippen molar-refractivity contribution in [2.75, 3.05) is 19.8 Å². The Morgan fingerprint density at radius 3 is 2.54 bits per heavy atom. The maximum absolute atomic E-state index is 11.6. The first-order valence-electron chi connectivity index (χ1n) is 8.83. The van der Waals surface area contributed by atoms with Crippen LogP contribution >= 0.6 is 0 Å². The normalized spacial score (nSPS) is 11.8. The van der Waals surface area contributed by atoms with Crippen LogP contribution in [0.25, 0.3) is 0 Å². The minimum atomic E-state index is -0.308. The number of rotatable bonds is 13. The molecule has 134 valence electrons. The van der Waals surface area contributed by atoms with Gasteiger partial charge < -0.3 is 14.2 Å². The van der Waals surface area contributed by atoms with Crippen LogP contribution in [-0.4, -0.2) is 31.9 Å². The average molecular weight is 334 g/mol. The van der Waals surface area contributed by atoms with Gasteiger partial charge in [-0.3, -0.25) is 0 Å². The maximum atomic E-state index is 11.6. The van der Waals surface area contributed by atoms with Gasteiger partial charge in [-0.2, -0.15) is 0 Å². The van der Waals surface area contributed by atoms with E-state index in [1.807, 2.05) is 0 Å². The van der Waals surface area contributed by atoms with Gasteiger partial charge in [-0.25, -0.2) is 4.79 Å². The Bertz CT molecular complexity index is 467. The molecule has 0 spiro atoms. The molecule has 1 aromatic rings. The third kappa shape index (κ3) is 8.16. The fourth-order valence-electron chi connectivity index (χ4n) is 2.35. The fourth-order valence-corrected chi connectivity index (χ4v) is 2.35. The molecule has 0 saturated carbocycles. The van der Waals surface area contributed by atoms with Crippen molar-refractivity contribution >= 4 is 5.97 Å². The summed E-state index contributed by atoms with van der Waals surface area (Å²) >= 11 is 0. The second-order valence-corrected chi connectivity index (χ2v) is 5.62. The van der Waals surface area contributed by atoms with Crippen molar-refractivity contribution in [3.63, 3.8) is 0 Å². The molecule has 1 rings (SSSR count). The summed E-state index contributed by atoms with van der Waals surface area (Å²) in [6, 6.07) is 7.03. The smallest absolute Gasteiger partial charge is 0.338 e. The minimum Gasteiger partial charge on any atom is -0.493 e. The lowest BCUT2D eigenvalue weighted by molar-refractivity contribution is 0.0489. The molecular weight excluding hydrogens is 304 g/mol. The van der Waals surface area contributed by atoms with E-state index < -0.39 is 0 Å². The minimum absolute atomic E-state index is 0.202. The van der Waals surface area contributed by atoms with Crippen LogP contribution in [0, 0.1) is 0 Å². The number of benzene rings is 1. The first-order chi connectivity index (χ1) is 11.7. The van der Waals surface area contributed by atoms with Crippen LogP contribution in [0.3, 0.4) is 0 Å². The van der Waals surface area contributed by atoms with Gasteiger partial charge >= 0.3 is 5.97 Å². The summed E-state index contributed by atoms with van der Waals surface area (Å²) in [6.45, 7) is 9.23. The topological polar surface area (TPSA) is 44.8 Å². The molecule has 24 heavy (non-hydrogen) atoms. The van der Waals surface area contributed by atoms with E-state index in [2.05, 4.69) is 13.5 Å². The first-order valence-corrected chi connectivity index (χ1v) is 8.83. The van der Waals surface area contributed by atoms with Gasteiger partial charge in [0, 0.05) is 6.42 Å². The van der Waals surface area contributed by atoms with Crippen LogP contribution in [0.4, 0.5) is 0 Å². The van der Waals surface area contributed by atoms with E-state index in [0.29, 0.717) is 25.4 Å². The molecule has 0 bridgehead atoms. The molecule has 0 N–H and O–H groups in total. The molecule has 0 heterocycles. The van der Waals surface area contributed by atoms with Gasteiger partial charge in [0.15, 0.2) is 0 Å². The van der Waals surface area contributed by atoms with Crippen LogP contribution in [0.2, 0.25) is 0 Å². The Balaban J connectivity index is 2.39. The molecule has 1 unspecified atom stereocenters. The molecule has 0 fully saturated rings. The lowest BCUT2D eigenvalue weighted by Gasteiger charge is -2.17. The van der Waals surface area contributed by atoms with Gasteiger partial charge in [0.05, 0.1) is 31.5 Å². The number of carbonyl (C=O) groups excluding carboxylic acids is 1. The summed E-state index contributed by atoms with van der Waals surface area (Å²) in [4.78, 5) is 11.6. The summed E-state index contributed by atoms with van der Waals surface area (Å²) in [5.74, 6) is 0.442. The molecular formula is C20H30O4. The van der Waals surface area contributed by atoms with Crippen LogP contribution in [0.1, 0.15) is 56.3 Å². The number of ether oxygens (including phenoxy) is 3. The number of hydrogen-bond acceptors (Lipinski definition) is 4. The predicted octanol–water partition coefficient (Wildman–Crippen LogP) is 4.78. The largest absolute Gasteiger partial charge is 0.493 e. The van der Waals surface area contributed by atoms with Crippen molar-refractivity contribution < 1.29 is 19.0 Å². The highest BCUT2D eigenvalue weighted by atomic mass is 16.5. The molecule has 4 nitrogen and oxygen atoms in total. The number of unbranched alkanes of at least 4 members (excludes halogenated alkanes) is 2. The zero-order valence-corrected chi connectivity index (χ0v) is 15.0. The SMILES string of the molecule is C=CCOC(CCCCC)CCOc1ccc(C(=O)OCC)cc1. The van der Waals surface area contributed by atoms with Crippen molar-refractivity contribution in [3.8, 4) is 5.75 Å². The first kappa shape index (κ1) is 20.2. The Morgan fingerprint density at radius 2 is 1.92 bits per heavy atom. The van der Waals surface area contributed by atoms with Gasteiger partial charge in [0.2, 0.25) is 0 Å². The predicted molar refractivity (Wildman–Crippen MR) is 96.6 cm³/mol. The van der Waals surface area contributed by atoms with E-state index in [0.717, 1.165) is 18.6 Å². The summed E-state index contributed by atoms with van der Waals surface area (Å²) in [5.41, 5.74) is 0.538. The zero-order chi connectivity index (χ0) is 17.6. The summed E-state index contributed by atoms with van der Waals surface area (Å²) in [5, 5.41) is 0. The Hall–Kier alpha value is -1.81. The molecule has 0 aliphatic rings. The van der Waals surface area contributed by atoms with Crippen molar-refractivity contribution in [3.05, 3.63) is 42.5 Å². The monoisotopic (exact) mass is 334 g/mol. The van der Waals surface area contributed by atoms with Crippen molar-refractivity contribution in [1.82, 2.24) is 0 Å². The molecule has 0 radical (unpaired) electrons. The van der Waals surface area contributed by atoms with Crippen LogP contribution in [0.15, 0.2) is 36.9 Å². The van der Waals surface area contributed by atoms with E-state index in [-0.39, 0.29) is 12.1 Å². The summed E-state index contributed by atoms with van der Waals surface area (Å²) < 4.78 is 16.5. The summed E-state index contributed by atoms with van der Waals surface area (Å²) in [7, 11) is 0. The standard InChI is InChI=1S/C20H30O4/c1-4-7-8-9-18(23-15-5-2)14-16-24-19-12-10-17(11-13-19)20(21)22-6-3/h5,10-13,18H,2,4,6-9,14-16H2,1,3H3. The molecule has 1 aromatic carbocycles. The molecule has 0 aliphatic carbocycles. The lowest BCUT2D eigenvalue weighted by Crippen LogP contribution is -2.17. The molecule has 0 saturated heterocycles. The third-order valence-electron chi connectivity index (χ3n) is 3.65. The number of carbonyl (C=O) groups is 1. The highest BCUT2D eigenvalue weighted by molar-refractivity contribution is 5.89. The molecule has 0 amide bonds. The quantitative estimate of drug-likeness (QED) is 0.296. The number of hydrogen-bond donors (Lipinski definition) is 0. The third-order valence-corrected chi connectivity index (χ3v) is 3.65. The Labute approximate surface area is 145 Å². The molecule has 0 aromatic heterocycles. The van der Waals surface area contributed by atoms with E-state index in [1.165, 1.54) is 19.3 Å². The van der Waals surface area contributed by atoms with Gasteiger partial charge in [0.1, 0.15) is 5.75 Å². The van der Waals surface area contributed by atoms with Crippen molar-refractivity contribution in [2.24, 2.45) is 0 Å². The van der Waals surface area contributed by atoms with E-state index in [4.69, 9.17) is 14.2 Å². The molecule has 0 aliphatic heterocycles. The van der Waals surface area contributed by atoms with Gasteiger partial charge in [-0.15, -0.1) is 6.58 Å². The highest BCUT2D eigenvalue weighted by Crippen LogP contribution is 2.15. The van der Waals surface area contributed by atoms with Crippen LogP contribution in [-0.2, 0) is 9.47 Å². The lowest BCUT2D eigenvalue weighted by atomic mass is 10.1. The zero-order valence-electron chi connectivity index (χ0n) is 15.0. The Kier molecular flexibility index (Phi) is 10.6. The highest BCUT2D eigenvalue weighted by Gasteiger charge is 2.09. The summed E-state index contributed by atoms with van der Waals surface area (Å²) in [6.07, 6.45) is 7.48. The number of esters is 1. The Morgan fingerprint density at radius 1 is 1.17 bits per heavy atom. The van der Waals surface area contributed by atoms with Crippen LogP contribution in [0.5, 0.6) is 5.75 Å².